The highest BCUT2D eigenvalue weighted by Crippen LogP contribution is 2.55. The van der Waals surface area contributed by atoms with E-state index < -0.39 is 7.82 Å². The molecule has 1 N–H and O–H groups in total. The maximum Gasteiger partial charge on any atom is 0.584 e. The van der Waals surface area contributed by atoms with Crippen LogP contribution in [-0.4, -0.2) is 4.89 Å². The molecule has 0 radical (unpaired) electrons. The molecule has 184 valence electrons. The second kappa shape index (κ2) is 9.95. The van der Waals surface area contributed by atoms with Gasteiger partial charge in [0.2, 0.25) is 0 Å². The molecule has 37 heavy (non-hydrogen) atoms. The molecule has 0 aromatic heterocycles. The van der Waals surface area contributed by atoms with Crippen molar-refractivity contribution in [3.63, 3.8) is 0 Å². The van der Waals surface area contributed by atoms with Gasteiger partial charge >= 0.3 is 7.82 Å². The van der Waals surface area contributed by atoms with Gasteiger partial charge in [-0.15, -0.1) is 0 Å². The smallest absolute Gasteiger partial charge is 0.394 e. The third-order valence-corrected chi connectivity index (χ3v) is 9.57. The van der Waals surface area contributed by atoms with Gasteiger partial charge in [0.1, 0.15) is 11.5 Å². The molecule has 9 heteroatoms. The molecule has 0 aliphatic carbocycles. The molecule has 0 bridgehead atoms. The lowest BCUT2D eigenvalue weighted by Gasteiger charge is -2.19. The molecular weight excluding hydrogens is 566 g/mol. The van der Waals surface area contributed by atoms with Gasteiger partial charge in [-0.3, -0.25) is 4.89 Å². The fourth-order valence-electron chi connectivity index (χ4n) is 4.08. The molecule has 4 aromatic rings. The first-order valence-corrected chi connectivity index (χ1v) is 15.0. The number of halogens is 2. The van der Waals surface area contributed by atoms with Gasteiger partial charge in [0.05, 0.1) is 0 Å². The molecule has 0 fully saturated rings. The van der Waals surface area contributed by atoms with E-state index in [0.29, 0.717) is 32.3 Å². The first-order valence-electron chi connectivity index (χ1n) is 11.1. The van der Waals surface area contributed by atoms with Crippen LogP contribution in [0.25, 0.3) is 23.7 Å². The van der Waals surface area contributed by atoms with Gasteiger partial charge in [-0.25, -0.2) is 4.57 Å². The van der Waals surface area contributed by atoms with Gasteiger partial charge in [-0.2, -0.15) is 0 Å². The Labute approximate surface area is 232 Å². The Kier molecular flexibility index (Phi) is 6.66. The Morgan fingerprint density at radius 3 is 1.46 bits per heavy atom. The van der Waals surface area contributed by atoms with Crippen molar-refractivity contribution in [3.05, 3.63) is 117 Å². The summed E-state index contributed by atoms with van der Waals surface area (Å²) in [7, 11) is -4.67. The highest BCUT2D eigenvalue weighted by molar-refractivity contribution is 7.99. The Morgan fingerprint density at radius 2 is 1.00 bits per heavy atom. The SMILES string of the molecule is O=P(O)(OC1=Cc2c(Cl)cccc2Sc2ccccc21)OC1=Cc2c(Cl)cccc2Sc2ccccc21. The lowest BCUT2D eigenvalue weighted by atomic mass is 10.1. The second-order valence-corrected chi connectivity index (χ2v) is 12.5. The van der Waals surface area contributed by atoms with Crippen molar-refractivity contribution >= 4 is 78.2 Å². The van der Waals surface area contributed by atoms with Crippen molar-refractivity contribution in [2.45, 2.75) is 19.6 Å². The van der Waals surface area contributed by atoms with E-state index >= 15 is 0 Å². The molecule has 0 saturated heterocycles. The van der Waals surface area contributed by atoms with Crippen LogP contribution in [0.15, 0.2) is 105 Å². The van der Waals surface area contributed by atoms with E-state index in [9.17, 15) is 9.46 Å². The average molecular weight is 583 g/mol. The highest BCUT2D eigenvalue weighted by Gasteiger charge is 2.32. The van der Waals surface area contributed by atoms with Crippen molar-refractivity contribution < 1.29 is 18.5 Å². The third kappa shape index (κ3) is 4.98. The lowest BCUT2D eigenvalue weighted by Crippen LogP contribution is -1.97. The van der Waals surface area contributed by atoms with Crippen LogP contribution in [0.2, 0.25) is 10.0 Å². The van der Waals surface area contributed by atoms with Crippen molar-refractivity contribution in [1.29, 1.82) is 0 Å². The van der Waals surface area contributed by atoms with E-state index in [-0.39, 0.29) is 11.5 Å². The summed E-state index contributed by atoms with van der Waals surface area (Å²) in [5, 5.41) is 1.02. The minimum absolute atomic E-state index is 0.191. The van der Waals surface area contributed by atoms with Crippen LogP contribution >= 0.6 is 54.5 Å². The standard InChI is InChI=1S/C28H17Cl2O4PS2/c29-21-9-5-13-27-19(21)15-23(17-7-1-3-11-25(17)36-27)33-35(31,32)34-24-16-20-22(30)10-6-14-28(20)37-26-12-4-2-8-18(24)26/h1-16H,(H,31,32). The first kappa shape index (κ1) is 24.7. The highest BCUT2D eigenvalue weighted by atomic mass is 35.5. The maximum absolute atomic E-state index is 13.5. The van der Waals surface area contributed by atoms with Crippen molar-refractivity contribution in [3.8, 4) is 0 Å². The number of hydrogen-bond donors (Lipinski definition) is 1. The minimum Gasteiger partial charge on any atom is -0.394 e. The van der Waals surface area contributed by atoms with Crippen molar-refractivity contribution in [1.82, 2.24) is 0 Å². The van der Waals surface area contributed by atoms with E-state index in [1.807, 2.05) is 72.8 Å². The number of phosphoric ester groups is 1. The predicted molar refractivity (Wildman–Crippen MR) is 152 cm³/mol. The molecule has 0 amide bonds. The predicted octanol–water partition coefficient (Wildman–Crippen LogP) is 9.75. The van der Waals surface area contributed by atoms with E-state index in [1.54, 1.807) is 24.3 Å². The third-order valence-electron chi connectivity index (χ3n) is 5.75. The normalized spacial score (nSPS) is 14.0. The number of fused-ring (bicyclic) bond motifs is 4. The van der Waals surface area contributed by atoms with Gasteiger partial charge < -0.3 is 9.05 Å². The Hall–Kier alpha value is -2.57. The largest absolute Gasteiger partial charge is 0.584 e. The molecule has 6 rings (SSSR count). The summed E-state index contributed by atoms with van der Waals surface area (Å²) in [6, 6.07) is 26.2. The van der Waals surface area contributed by atoms with Crippen LogP contribution in [0.5, 0.6) is 0 Å². The molecule has 0 spiro atoms. The van der Waals surface area contributed by atoms with Crippen molar-refractivity contribution in [2.75, 3.05) is 0 Å². The maximum atomic E-state index is 13.5. The molecule has 4 aromatic carbocycles. The summed E-state index contributed by atoms with van der Waals surface area (Å²) in [4.78, 5) is 14.6. The number of benzene rings is 4. The Bertz CT molecular complexity index is 1550. The molecule has 4 nitrogen and oxygen atoms in total. The first-order chi connectivity index (χ1) is 17.9. The Morgan fingerprint density at radius 1 is 0.595 bits per heavy atom. The summed E-state index contributed by atoms with van der Waals surface area (Å²) < 4.78 is 25.1. The number of hydrogen-bond acceptors (Lipinski definition) is 5. The summed E-state index contributed by atoms with van der Waals surface area (Å²) in [6.07, 6.45) is 3.36. The second-order valence-electron chi connectivity index (χ2n) is 8.17. The molecular formula is C28H17Cl2O4PS2. The zero-order valence-corrected chi connectivity index (χ0v) is 23.0. The molecule has 0 unspecified atom stereocenters. The number of phosphoric acid groups is 1. The summed E-state index contributed by atoms with van der Waals surface area (Å²) in [5.41, 5.74) is 2.74. The van der Waals surface area contributed by atoms with Crippen molar-refractivity contribution in [2.24, 2.45) is 0 Å². The zero-order chi connectivity index (χ0) is 25.6. The van der Waals surface area contributed by atoms with E-state index in [1.165, 1.54) is 23.5 Å². The fraction of sp³-hybridized carbons (Fsp3) is 0. The van der Waals surface area contributed by atoms with E-state index in [2.05, 4.69) is 0 Å². The van der Waals surface area contributed by atoms with Crippen LogP contribution in [0.4, 0.5) is 0 Å². The molecule has 0 saturated carbocycles. The molecule has 2 heterocycles. The van der Waals surface area contributed by atoms with Gasteiger partial charge in [-0.05, 0) is 48.6 Å². The topological polar surface area (TPSA) is 55.8 Å². The lowest BCUT2D eigenvalue weighted by molar-refractivity contribution is 0.264. The molecule has 2 aliphatic heterocycles. The minimum atomic E-state index is -4.67. The van der Waals surface area contributed by atoms with Crippen LogP contribution < -0.4 is 0 Å². The zero-order valence-electron chi connectivity index (χ0n) is 18.9. The number of rotatable bonds is 4. The molecule has 0 atom stereocenters. The van der Waals surface area contributed by atoms with E-state index in [4.69, 9.17) is 32.2 Å². The van der Waals surface area contributed by atoms with Gasteiger partial charge in [0.25, 0.3) is 0 Å². The van der Waals surface area contributed by atoms with Crippen LogP contribution in [0.1, 0.15) is 22.3 Å². The molecule has 2 aliphatic rings. The summed E-state index contributed by atoms with van der Waals surface area (Å²) in [6.45, 7) is 0. The average Bonchev–Trinajstić information content (AvgIpc) is 3.13. The summed E-state index contributed by atoms with van der Waals surface area (Å²) >= 11 is 16.0. The monoisotopic (exact) mass is 582 g/mol. The van der Waals surface area contributed by atoms with Crippen LogP contribution in [0.3, 0.4) is 0 Å². The van der Waals surface area contributed by atoms with Crippen LogP contribution in [-0.2, 0) is 13.6 Å². The van der Waals surface area contributed by atoms with E-state index in [0.717, 1.165) is 19.6 Å². The Balaban J connectivity index is 1.42. The van der Waals surface area contributed by atoms with Crippen LogP contribution in [0, 0.1) is 0 Å². The van der Waals surface area contributed by atoms with Gasteiger partial charge in [-0.1, -0.05) is 95.3 Å². The summed E-state index contributed by atoms with van der Waals surface area (Å²) in [5.74, 6) is 0.382. The quantitative estimate of drug-likeness (QED) is 0.242. The van der Waals surface area contributed by atoms with Gasteiger partial charge in [0.15, 0.2) is 0 Å². The van der Waals surface area contributed by atoms with Gasteiger partial charge in [0, 0.05) is 51.9 Å². The fourth-order valence-corrected chi connectivity index (χ4v) is 7.67.